The molecule has 5 heteroatoms. The lowest BCUT2D eigenvalue weighted by Crippen LogP contribution is -2.44. The number of hydrogen-bond donors (Lipinski definition) is 1. The van der Waals surface area contributed by atoms with Crippen LogP contribution in [0.2, 0.25) is 0 Å². The van der Waals surface area contributed by atoms with Gasteiger partial charge in [0.15, 0.2) is 0 Å². The predicted molar refractivity (Wildman–Crippen MR) is 75.2 cm³/mol. The van der Waals surface area contributed by atoms with E-state index in [1.165, 1.54) is 11.1 Å². The van der Waals surface area contributed by atoms with E-state index in [2.05, 4.69) is 17.4 Å². The fraction of sp³-hybridized carbons (Fsp3) is 0.500. The normalized spacial score (nSPS) is 21.7. The van der Waals surface area contributed by atoms with Crippen molar-refractivity contribution in [2.24, 2.45) is 0 Å². The Morgan fingerprint density at radius 1 is 1.32 bits per heavy atom. The van der Waals surface area contributed by atoms with E-state index in [4.69, 9.17) is 4.74 Å². The molecule has 1 N–H and O–H groups in total. The molecule has 0 saturated carbocycles. The van der Waals surface area contributed by atoms with Crippen LogP contribution in [0.5, 0.6) is 0 Å². The molecule has 19 heavy (non-hydrogen) atoms. The summed E-state index contributed by atoms with van der Waals surface area (Å²) in [4.78, 5) is 14.1. The van der Waals surface area contributed by atoms with Gasteiger partial charge in [0.2, 0.25) is 5.91 Å². The maximum absolute atomic E-state index is 12.2. The molecule has 0 aliphatic carbocycles. The van der Waals surface area contributed by atoms with Crippen LogP contribution in [0.3, 0.4) is 0 Å². The SMILES string of the molecule is Cl.O=C(CC1COCCN1)N1Cc2ccccc2C1. The summed E-state index contributed by atoms with van der Waals surface area (Å²) in [6.07, 6.45) is 0.536. The van der Waals surface area contributed by atoms with E-state index in [1.54, 1.807) is 0 Å². The molecule has 104 valence electrons. The summed E-state index contributed by atoms with van der Waals surface area (Å²) in [5.74, 6) is 0.217. The number of nitrogens with zero attached hydrogens (tertiary/aromatic N) is 1. The first-order valence-corrected chi connectivity index (χ1v) is 6.48. The molecule has 1 fully saturated rings. The van der Waals surface area contributed by atoms with Gasteiger partial charge in [-0.2, -0.15) is 0 Å². The molecule has 1 aromatic carbocycles. The molecular weight excluding hydrogens is 264 g/mol. The number of amides is 1. The second-order valence-electron chi connectivity index (χ2n) is 4.95. The summed E-state index contributed by atoms with van der Waals surface area (Å²) < 4.78 is 5.37. The molecule has 2 aliphatic rings. The molecule has 0 spiro atoms. The third-order valence-electron chi connectivity index (χ3n) is 3.61. The molecule has 0 radical (unpaired) electrons. The first kappa shape index (κ1) is 14.3. The molecule has 0 bridgehead atoms. The molecule has 1 aromatic rings. The van der Waals surface area contributed by atoms with Crippen molar-refractivity contribution in [1.29, 1.82) is 0 Å². The van der Waals surface area contributed by atoms with E-state index >= 15 is 0 Å². The first-order chi connectivity index (χ1) is 8.83. The average molecular weight is 283 g/mol. The number of morpholine rings is 1. The lowest BCUT2D eigenvalue weighted by atomic mass is 10.1. The molecule has 0 aromatic heterocycles. The van der Waals surface area contributed by atoms with E-state index in [9.17, 15) is 4.79 Å². The van der Waals surface area contributed by atoms with E-state index < -0.39 is 0 Å². The number of halogens is 1. The highest BCUT2D eigenvalue weighted by Gasteiger charge is 2.25. The third kappa shape index (κ3) is 3.26. The highest BCUT2D eigenvalue weighted by Crippen LogP contribution is 2.23. The van der Waals surface area contributed by atoms with Crippen molar-refractivity contribution in [3.05, 3.63) is 35.4 Å². The van der Waals surface area contributed by atoms with E-state index in [1.807, 2.05) is 17.0 Å². The Labute approximate surface area is 119 Å². The molecule has 1 atom stereocenters. The largest absolute Gasteiger partial charge is 0.378 e. The molecule has 1 saturated heterocycles. The zero-order valence-corrected chi connectivity index (χ0v) is 11.6. The minimum absolute atomic E-state index is 0. The zero-order valence-electron chi connectivity index (χ0n) is 10.8. The van der Waals surface area contributed by atoms with Crippen molar-refractivity contribution in [3.63, 3.8) is 0 Å². The zero-order chi connectivity index (χ0) is 12.4. The van der Waals surface area contributed by atoms with Crippen LogP contribution >= 0.6 is 12.4 Å². The second-order valence-corrected chi connectivity index (χ2v) is 4.95. The van der Waals surface area contributed by atoms with Crippen molar-refractivity contribution in [2.75, 3.05) is 19.8 Å². The van der Waals surface area contributed by atoms with Gasteiger partial charge in [-0.3, -0.25) is 4.79 Å². The van der Waals surface area contributed by atoms with Gasteiger partial charge in [-0.15, -0.1) is 12.4 Å². The Balaban J connectivity index is 0.00000133. The molecule has 4 nitrogen and oxygen atoms in total. The van der Waals surface area contributed by atoms with Gasteiger partial charge in [-0.1, -0.05) is 24.3 Å². The summed E-state index contributed by atoms with van der Waals surface area (Å²) >= 11 is 0. The number of hydrogen-bond acceptors (Lipinski definition) is 3. The lowest BCUT2D eigenvalue weighted by molar-refractivity contribution is -0.133. The van der Waals surface area contributed by atoms with Crippen LogP contribution in [-0.2, 0) is 22.6 Å². The fourth-order valence-corrected chi connectivity index (χ4v) is 2.60. The predicted octanol–water partition coefficient (Wildman–Crippen LogP) is 1.33. The smallest absolute Gasteiger partial charge is 0.224 e. The van der Waals surface area contributed by atoms with Gasteiger partial charge in [0.25, 0.3) is 0 Å². The monoisotopic (exact) mass is 282 g/mol. The van der Waals surface area contributed by atoms with E-state index in [0.717, 1.165) is 26.2 Å². The molecule has 2 heterocycles. The number of ether oxygens (including phenoxy) is 1. The van der Waals surface area contributed by atoms with Crippen LogP contribution in [-0.4, -0.2) is 36.6 Å². The molecule has 1 unspecified atom stereocenters. The minimum Gasteiger partial charge on any atom is -0.378 e. The van der Waals surface area contributed by atoms with Crippen LogP contribution in [0.4, 0.5) is 0 Å². The number of rotatable bonds is 2. The summed E-state index contributed by atoms with van der Waals surface area (Å²) in [7, 11) is 0. The standard InChI is InChI=1S/C14H18N2O2.ClH/c17-14(7-13-10-18-6-5-15-13)16-8-11-3-1-2-4-12(11)9-16;/h1-4,13,15H,5-10H2;1H. The van der Waals surface area contributed by atoms with Crippen molar-refractivity contribution in [3.8, 4) is 0 Å². The summed E-state index contributed by atoms with van der Waals surface area (Å²) in [6.45, 7) is 3.75. The summed E-state index contributed by atoms with van der Waals surface area (Å²) in [6, 6.07) is 8.44. The molecule has 1 amide bonds. The van der Waals surface area contributed by atoms with Gasteiger partial charge in [0, 0.05) is 32.1 Å². The van der Waals surface area contributed by atoms with Crippen molar-refractivity contribution >= 4 is 18.3 Å². The number of benzene rings is 1. The Bertz CT molecular complexity index is 422. The average Bonchev–Trinajstić information content (AvgIpc) is 2.84. The number of nitrogens with one attached hydrogen (secondary N) is 1. The highest BCUT2D eigenvalue weighted by atomic mass is 35.5. The van der Waals surface area contributed by atoms with Gasteiger partial charge in [0.1, 0.15) is 0 Å². The van der Waals surface area contributed by atoms with Gasteiger partial charge >= 0.3 is 0 Å². The maximum Gasteiger partial charge on any atom is 0.224 e. The topological polar surface area (TPSA) is 41.6 Å². The van der Waals surface area contributed by atoms with E-state index in [0.29, 0.717) is 13.0 Å². The number of fused-ring (bicyclic) bond motifs is 1. The molecule has 2 aliphatic heterocycles. The third-order valence-corrected chi connectivity index (χ3v) is 3.61. The van der Waals surface area contributed by atoms with Crippen LogP contribution < -0.4 is 5.32 Å². The van der Waals surface area contributed by atoms with Gasteiger partial charge in [0.05, 0.1) is 13.2 Å². The van der Waals surface area contributed by atoms with Crippen LogP contribution in [0.25, 0.3) is 0 Å². The number of carbonyl (C=O) groups is 1. The van der Waals surface area contributed by atoms with Crippen LogP contribution in [0.15, 0.2) is 24.3 Å². The summed E-state index contributed by atoms with van der Waals surface area (Å²) in [5, 5.41) is 3.32. The lowest BCUT2D eigenvalue weighted by Gasteiger charge is -2.25. The molecular formula is C14H19ClN2O2. The van der Waals surface area contributed by atoms with Gasteiger partial charge < -0.3 is 15.0 Å². The van der Waals surface area contributed by atoms with Crippen molar-refractivity contribution in [1.82, 2.24) is 10.2 Å². The minimum atomic E-state index is 0. The van der Waals surface area contributed by atoms with Gasteiger partial charge in [-0.25, -0.2) is 0 Å². The maximum atomic E-state index is 12.2. The fourth-order valence-electron chi connectivity index (χ4n) is 2.60. The Morgan fingerprint density at radius 2 is 2.00 bits per heavy atom. The van der Waals surface area contributed by atoms with E-state index in [-0.39, 0.29) is 24.4 Å². The number of carbonyl (C=O) groups excluding carboxylic acids is 1. The Hall–Kier alpha value is -1.10. The van der Waals surface area contributed by atoms with Crippen molar-refractivity contribution in [2.45, 2.75) is 25.6 Å². The van der Waals surface area contributed by atoms with Crippen LogP contribution in [0.1, 0.15) is 17.5 Å². The summed E-state index contributed by atoms with van der Waals surface area (Å²) in [5.41, 5.74) is 2.55. The highest BCUT2D eigenvalue weighted by molar-refractivity contribution is 5.85. The van der Waals surface area contributed by atoms with Crippen LogP contribution in [0, 0.1) is 0 Å². The quantitative estimate of drug-likeness (QED) is 0.890. The van der Waals surface area contributed by atoms with Crippen molar-refractivity contribution < 1.29 is 9.53 Å². The Kier molecular flexibility index (Phi) is 4.80. The Morgan fingerprint density at radius 3 is 2.58 bits per heavy atom. The second kappa shape index (κ2) is 6.37. The van der Waals surface area contributed by atoms with Gasteiger partial charge in [-0.05, 0) is 11.1 Å². The first-order valence-electron chi connectivity index (χ1n) is 6.48. The molecule has 3 rings (SSSR count).